The summed E-state index contributed by atoms with van der Waals surface area (Å²) in [5.41, 5.74) is 6.70. The Bertz CT molecular complexity index is 1000. The van der Waals surface area contributed by atoms with Crippen molar-refractivity contribution in [2.75, 3.05) is 6.54 Å². The third-order valence-corrected chi connectivity index (χ3v) is 11.3. The summed E-state index contributed by atoms with van der Waals surface area (Å²) in [5.74, 6) is 5.50. The van der Waals surface area contributed by atoms with Crippen LogP contribution in [0.4, 0.5) is 0 Å². The first-order chi connectivity index (χ1) is 23.1. The second kappa shape index (κ2) is 27.8. The highest BCUT2D eigenvalue weighted by molar-refractivity contribution is 5.25. The molecule has 1 heterocycles. The van der Waals surface area contributed by atoms with Crippen molar-refractivity contribution in [1.29, 1.82) is 0 Å². The molecule has 7 atom stereocenters. The summed E-state index contributed by atoms with van der Waals surface area (Å²) >= 11 is 0. The first kappa shape index (κ1) is 49.2. The van der Waals surface area contributed by atoms with Gasteiger partial charge in [0.05, 0.1) is 12.6 Å². The van der Waals surface area contributed by atoms with Crippen LogP contribution in [0.1, 0.15) is 181 Å². The summed E-state index contributed by atoms with van der Waals surface area (Å²) in [6, 6.07) is 0.372. The summed E-state index contributed by atoms with van der Waals surface area (Å²) in [6.45, 7) is 39.0. The van der Waals surface area contributed by atoms with Crippen molar-refractivity contribution < 1.29 is 0 Å². The standard InChI is InChI=1S/C21H36.C10H16N2.C6H12.2C4H10.C2H2/c1-15(2)16(3)12-13-18(5)20-11-7-10-19-17(4)9-8-14-21(19,20)6;1-7-3-4-9-6-11-12-8(2)10(9)5-7;1-4-6(3)5-2;1-4(2)3;1-3-4-2;1-2/h12-13,15-16,18-20H,4,7-11,14H2,1-3,5-6H3;7-8H,3-6H2,1-2H3;4H,5H2,1-3H3;4H,1-3H3;3-4H2,1-2H3;1-2H/b13-12+;;;;;/t16-,18?,19?,20?,21?;;;;;/m0...../s1. The Morgan fingerprint density at radius 1 is 0.918 bits per heavy atom. The average Bonchev–Trinajstić information content (AvgIpc) is 3.08. The third-order valence-electron chi connectivity index (χ3n) is 11.3. The Balaban J connectivity index is 0. The fraction of sp³-hybridized carbons (Fsp3) is 0.787. The predicted octanol–water partition coefficient (Wildman–Crippen LogP) is 15.7. The summed E-state index contributed by atoms with van der Waals surface area (Å²) in [7, 11) is 0. The van der Waals surface area contributed by atoms with Crippen LogP contribution >= 0.6 is 0 Å². The first-order valence-electron chi connectivity index (χ1n) is 20.5. The summed E-state index contributed by atoms with van der Waals surface area (Å²) in [6.07, 6.45) is 31.1. The van der Waals surface area contributed by atoms with Crippen LogP contribution in [-0.4, -0.2) is 12.6 Å². The average molecular weight is 679 g/mol. The van der Waals surface area contributed by atoms with Crippen molar-refractivity contribution >= 4 is 0 Å². The van der Waals surface area contributed by atoms with Gasteiger partial charge in [-0.25, -0.2) is 0 Å². The zero-order valence-electron chi connectivity index (χ0n) is 35.8. The van der Waals surface area contributed by atoms with E-state index in [0.717, 1.165) is 36.1 Å². The van der Waals surface area contributed by atoms with E-state index in [0.29, 0.717) is 23.3 Å². The lowest BCUT2D eigenvalue weighted by atomic mass is 9.52. The van der Waals surface area contributed by atoms with Crippen molar-refractivity contribution in [1.82, 2.24) is 0 Å². The first-order valence-corrected chi connectivity index (χ1v) is 20.5. The summed E-state index contributed by atoms with van der Waals surface area (Å²) < 4.78 is 0. The molecule has 0 spiro atoms. The van der Waals surface area contributed by atoms with Crippen LogP contribution < -0.4 is 0 Å². The van der Waals surface area contributed by atoms with Gasteiger partial charge in [-0.2, -0.15) is 10.2 Å². The lowest BCUT2D eigenvalue weighted by Gasteiger charge is -2.53. The van der Waals surface area contributed by atoms with E-state index < -0.39 is 0 Å². The number of rotatable bonds is 6. The third kappa shape index (κ3) is 19.3. The van der Waals surface area contributed by atoms with Crippen molar-refractivity contribution in [3.8, 4) is 12.8 Å². The van der Waals surface area contributed by atoms with Gasteiger partial charge in [0.2, 0.25) is 0 Å². The van der Waals surface area contributed by atoms with E-state index in [1.807, 2.05) is 0 Å². The van der Waals surface area contributed by atoms with Gasteiger partial charge >= 0.3 is 0 Å². The molecule has 0 aromatic rings. The Morgan fingerprint density at radius 3 is 2.00 bits per heavy atom. The monoisotopic (exact) mass is 679 g/mol. The van der Waals surface area contributed by atoms with Crippen LogP contribution in [0.3, 0.4) is 0 Å². The number of nitrogens with zero attached hydrogens (tertiary/aromatic N) is 2. The SMILES string of the molecule is C#C.C=C1CCCC2(C)C1CCCC2C(C)/C=C/[C@H](C)C(C)C.CC(C)C.CC1CCC2=C(C1)C(C)N=NC2.CC=C(C)CC.CCCC. The molecule has 4 aliphatic rings. The second-order valence-electron chi connectivity index (χ2n) is 16.7. The minimum atomic E-state index is 0.372. The summed E-state index contributed by atoms with van der Waals surface area (Å²) in [5, 5.41) is 8.35. The Kier molecular flexibility index (Phi) is 27.9. The van der Waals surface area contributed by atoms with E-state index in [1.165, 1.54) is 82.6 Å². The maximum Gasteiger partial charge on any atom is 0.0893 e. The molecule has 1 aliphatic heterocycles. The van der Waals surface area contributed by atoms with Crippen molar-refractivity contribution in [3.63, 3.8) is 0 Å². The van der Waals surface area contributed by atoms with Gasteiger partial charge < -0.3 is 0 Å². The maximum absolute atomic E-state index is 4.42. The highest BCUT2D eigenvalue weighted by atomic mass is 15.1. The molecular formula is C47H86N2. The van der Waals surface area contributed by atoms with Gasteiger partial charge in [-0.15, -0.1) is 12.8 Å². The lowest BCUT2D eigenvalue weighted by molar-refractivity contribution is 0.0125. The Labute approximate surface area is 309 Å². The Hall–Kier alpha value is -1.88. The van der Waals surface area contributed by atoms with Crippen molar-refractivity contribution in [3.05, 3.63) is 47.1 Å². The van der Waals surface area contributed by atoms with E-state index in [9.17, 15) is 0 Å². The van der Waals surface area contributed by atoms with Crippen LogP contribution in [0, 0.1) is 59.7 Å². The predicted molar refractivity (Wildman–Crippen MR) is 224 cm³/mol. The zero-order chi connectivity index (χ0) is 38.2. The van der Waals surface area contributed by atoms with Crippen LogP contribution in [-0.2, 0) is 0 Å². The Morgan fingerprint density at radius 2 is 1.51 bits per heavy atom. The molecule has 0 radical (unpaired) electrons. The topological polar surface area (TPSA) is 24.7 Å². The van der Waals surface area contributed by atoms with Gasteiger partial charge in [0, 0.05) is 0 Å². The van der Waals surface area contributed by atoms with Gasteiger partial charge in [-0.3, -0.25) is 0 Å². The van der Waals surface area contributed by atoms with Gasteiger partial charge in [-0.1, -0.05) is 138 Å². The number of hydrogen-bond donors (Lipinski definition) is 0. The normalized spacial score (nSPS) is 27.2. The summed E-state index contributed by atoms with van der Waals surface area (Å²) in [4.78, 5) is 0. The molecule has 4 rings (SSSR count). The molecule has 3 aliphatic carbocycles. The smallest absolute Gasteiger partial charge is 0.0893 e. The van der Waals surface area contributed by atoms with Crippen molar-refractivity contribution in [2.24, 2.45) is 57.1 Å². The minimum Gasteiger partial charge on any atom is -0.189 e. The van der Waals surface area contributed by atoms with Crippen molar-refractivity contribution in [2.45, 2.75) is 187 Å². The van der Waals surface area contributed by atoms with Crippen LogP contribution in [0.5, 0.6) is 0 Å². The highest BCUT2D eigenvalue weighted by Gasteiger charge is 2.47. The van der Waals surface area contributed by atoms with Gasteiger partial charge in [0.15, 0.2) is 0 Å². The van der Waals surface area contributed by atoms with E-state index >= 15 is 0 Å². The number of hydrogen-bond acceptors (Lipinski definition) is 2. The van der Waals surface area contributed by atoms with E-state index in [-0.39, 0.29) is 0 Å². The van der Waals surface area contributed by atoms with Crippen LogP contribution in [0.15, 0.2) is 57.3 Å². The molecule has 6 unspecified atom stereocenters. The molecule has 0 aromatic carbocycles. The van der Waals surface area contributed by atoms with E-state index in [1.54, 1.807) is 16.7 Å². The number of allylic oxidation sites excluding steroid dienone is 5. The molecule has 0 aromatic heterocycles. The quantitative estimate of drug-likeness (QED) is 0.197. The van der Waals surface area contributed by atoms with Gasteiger partial charge in [0.1, 0.15) is 0 Å². The zero-order valence-corrected chi connectivity index (χ0v) is 35.8. The minimum absolute atomic E-state index is 0.372. The maximum atomic E-state index is 4.42. The number of unbranched alkanes of at least 4 members (excludes halogenated alkanes) is 1. The molecule has 2 nitrogen and oxygen atoms in total. The van der Waals surface area contributed by atoms with Gasteiger partial charge in [0.25, 0.3) is 0 Å². The lowest BCUT2D eigenvalue weighted by Crippen LogP contribution is -2.44. The largest absolute Gasteiger partial charge is 0.189 e. The number of terminal acetylenes is 1. The van der Waals surface area contributed by atoms with E-state index in [4.69, 9.17) is 0 Å². The fourth-order valence-corrected chi connectivity index (χ4v) is 7.30. The molecule has 284 valence electrons. The van der Waals surface area contributed by atoms with E-state index in [2.05, 4.69) is 152 Å². The molecular weight excluding hydrogens is 593 g/mol. The number of azo groups is 1. The molecule has 2 saturated carbocycles. The molecule has 2 fully saturated rings. The van der Waals surface area contributed by atoms with Crippen LogP contribution in [0.2, 0.25) is 0 Å². The van der Waals surface area contributed by atoms with Crippen LogP contribution in [0.25, 0.3) is 0 Å². The van der Waals surface area contributed by atoms with Gasteiger partial charge in [-0.05, 0) is 137 Å². The fourth-order valence-electron chi connectivity index (χ4n) is 7.30. The molecule has 2 heteroatoms. The second-order valence-corrected chi connectivity index (χ2v) is 16.7. The number of fused-ring (bicyclic) bond motifs is 1. The highest BCUT2D eigenvalue weighted by Crippen LogP contribution is 2.57. The molecule has 0 saturated heterocycles. The molecule has 0 N–H and O–H groups in total. The molecule has 49 heavy (non-hydrogen) atoms. The molecule has 0 bridgehead atoms. The molecule has 0 amide bonds.